The molecule has 1 heterocycles. The first-order valence-corrected chi connectivity index (χ1v) is 9.23. The van der Waals surface area contributed by atoms with Crippen LogP contribution in [0.1, 0.15) is 19.4 Å². The summed E-state index contributed by atoms with van der Waals surface area (Å²) in [6.07, 6.45) is 1.33. The molecule has 0 radical (unpaired) electrons. The largest absolute Gasteiger partial charge is 0.496 e. The summed E-state index contributed by atoms with van der Waals surface area (Å²) in [5.74, 6) is -0.531. The Balaban J connectivity index is 1.95. The Morgan fingerprint density at radius 2 is 1.93 bits per heavy atom. The fraction of sp³-hybridized carbons (Fsp3) is 0.250. The normalized spacial score (nSPS) is 15.9. The lowest BCUT2D eigenvalue weighted by Gasteiger charge is -2.13. The molecule has 6 nitrogen and oxygen atoms in total. The van der Waals surface area contributed by atoms with Gasteiger partial charge in [0.1, 0.15) is 12.3 Å². The summed E-state index contributed by atoms with van der Waals surface area (Å²) in [5, 5.41) is 1.40. The van der Waals surface area contributed by atoms with Crippen LogP contribution >= 0.6 is 11.8 Å². The summed E-state index contributed by atoms with van der Waals surface area (Å²) in [4.78, 5) is 37.8. The Labute approximate surface area is 161 Å². The molecule has 0 N–H and O–H groups in total. The molecule has 0 spiro atoms. The molecule has 140 valence electrons. The quantitative estimate of drug-likeness (QED) is 0.575. The van der Waals surface area contributed by atoms with Crippen LogP contribution in [0.5, 0.6) is 5.75 Å². The van der Waals surface area contributed by atoms with E-state index in [9.17, 15) is 14.4 Å². The van der Waals surface area contributed by atoms with Crippen molar-refractivity contribution in [1.82, 2.24) is 4.90 Å². The monoisotopic (exact) mass is 385 g/mol. The number of methoxy groups -OCH3 is 1. The van der Waals surface area contributed by atoms with E-state index in [0.717, 1.165) is 27.4 Å². The number of benzene rings is 2. The minimum Gasteiger partial charge on any atom is -0.496 e. The molecular weight excluding hydrogens is 366 g/mol. The zero-order valence-electron chi connectivity index (χ0n) is 15.2. The van der Waals surface area contributed by atoms with Gasteiger partial charge in [-0.2, -0.15) is 0 Å². The minimum absolute atomic E-state index is 0.243. The first-order chi connectivity index (χ1) is 12.9. The van der Waals surface area contributed by atoms with Gasteiger partial charge in [0.25, 0.3) is 11.1 Å². The smallest absolute Gasteiger partial charge is 0.326 e. The number of esters is 1. The van der Waals surface area contributed by atoms with Crippen LogP contribution in [0, 0.1) is 0 Å². The van der Waals surface area contributed by atoms with Crippen molar-refractivity contribution in [3.8, 4) is 5.75 Å². The van der Waals surface area contributed by atoms with Crippen molar-refractivity contribution < 1.29 is 23.9 Å². The summed E-state index contributed by atoms with van der Waals surface area (Å²) >= 11 is 0.800. The van der Waals surface area contributed by atoms with Crippen LogP contribution in [-0.4, -0.2) is 41.8 Å². The molecule has 2 amide bonds. The van der Waals surface area contributed by atoms with Crippen molar-refractivity contribution in [2.24, 2.45) is 0 Å². The van der Waals surface area contributed by atoms with Gasteiger partial charge in [0.05, 0.1) is 18.1 Å². The molecular formula is C20H19NO5S. The topological polar surface area (TPSA) is 72.9 Å². The number of imide groups is 1. The summed E-state index contributed by atoms with van der Waals surface area (Å²) in [6.45, 7) is 3.02. The number of hydrogen-bond acceptors (Lipinski definition) is 6. The molecule has 0 atom stereocenters. The highest BCUT2D eigenvalue weighted by molar-refractivity contribution is 8.18. The molecule has 1 aliphatic rings. The van der Waals surface area contributed by atoms with Gasteiger partial charge in [-0.15, -0.1) is 0 Å². The standard InChI is InChI=1S/C20H19NO5S/c1-12(2)26-18(22)11-21-19(23)17(27-20(21)24)10-15-14-7-5-4-6-13(14)8-9-16(15)25-3/h4-10,12H,11H2,1-3H3/b17-10-. The van der Waals surface area contributed by atoms with Gasteiger partial charge in [-0.3, -0.25) is 19.3 Å². The Hall–Kier alpha value is -2.80. The van der Waals surface area contributed by atoms with Gasteiger partial charge < -0.3 is 9.47 Å². The summed E-state index contributed by atoms with van der Waals surface area (Å²) in [7, 11) is 1.55. The van der Waals surface area contributed by atoms with E-state index in [-0.39, 0.29) is 11.0 Å². The lowest BCUT2D eigenvalue weighted by Crippen LogP contribution is -2.35. The Morgan fingerprint density at radius 3 is 2.63 bits per heavy atom. The molecule has 7 heteroatoms. The van der Waals surface area contributed by atoms with Crippen LogP contribution in [0.3, 0.4) is 0 Å². The molecule has 0 unspecified atom stereocenters. The maximum Gasteiger partial charge on any atom is 0.326 e. The van der Waals surface area contributed by atoms with Gasteiger partial charge in [0.2, 0.25) is 0 Å². The van der Waals surface area contributed by atoms with E-state index >= 15 is 0 Å². The average Bonchev–Trinajstić information content (AvgIpc) is 2.89. The van der Waals surface area contributed by atoms with E-state index in [1.165, 1.54) is 0 Å². The Morgan fingerprint density at radius 1 is 1.19 bits per heavy atom. The van der Waals surface area contributed by atoms with Gasteiger partial charge in [-0.1, -0.05) is 30.3 Å². The van der Waals surface area contributed by atoms with E-state index < -0.39 is 23.7 Å². The third kappa shape index (κ3) is 3.98. The lowest BCUT2D eigenvalue weighted by molar-refractivity contribution is -0.149. The molecule has 3 rings (SSSR count). The average molecular weight is 385 g/mol. The van der Waals surface area contributed by atoms with E-state index in [0.29, 0.717) is 11.3 Å². The van der Waals surface area contributed by atoms with Crippen LogP contribution in [0.4, 0.5) is 4.79 Å². The highest BCUT2D eigenvalue weighted by atomic mass is 32.2. The van der Waals surface area contributed by atoms with E-state index in [1.54, 1.807) is 27.0 Å². The minimum atomic E-state index is -0.615. The number of ether oxygens (including phenoxy) is 2. The number of rotatable bonds is 5. The van der Waals surface area contributed by atoms with Crippen molar-refractivity contribution in [2.45, 2.75) is 20.0 Å². The molecule has 0 aromatic heterocycles. The first kappa shape index (κ1) is 19.0. The van der Waals surface area contributed by atoms with Gasteiger partial charge in [0, 0.05) is 5.56 Å². The fourth-order valence-corrected chi connectivity index (χ4v) is 3.62. The molecule has 0 aliphatic carbocycles. The van der Waals surface area contributed by atoms with Gasteiger partial charge in [-0.25, -0.2) is 0 Å². The maximum absolute atomic E-state index is 12.6. The van der Waals surface area contributed by atoms with Gasteiger partial charge >= 0.3 is 5.97 Å². The third-order valence-corrected chi connectivity index (χ3v) is 4.86. The number of fused-ring (bicyclic) bond motifs is 1. The zero-order chi connectivity index (χ0) is 19.6. The predicted octanol–water partition coefficient (Wildman–Crippen LogP) is 3.84. The molecule has 2 aromatic rings. The van der Waals surface area contributed by atoms with Crippen LogP contribution in [0.15, 0.2) is 41.3 Å². The van der Waals surface area contributed by atoms with Gasteiger partial charge in [-0.05, 0) is 48.5 Å². The highest BCUT2D eigenvalue weighted by Gasteiger charge is 2.37. The predicted molar refractivity (Wildman–Crippen MR) is 104 cm³/mol. The molecule has 0 saturated carbocycles. The van der Waals surface area contributed by atoms with Crippen LogP contribution in [0.25, 0.3) is 16.8 Å². The van der Waals surface area contributed by atoms with Crippen molar-refractivity contribution in [3.63, 3.8) is 0 Å². The summed E-state index contributed by atoms with van der Waals surface area (Å²) in [5.41, 5.74) is 0.714. The van der Waals surface area contributed by atoms with Crippen LogP contribution in [0.2, 0.25) is 0 Å². The number of carbonyl (C=O) groups is 3. The number of carbonyl (C=O) groups excluding carboxylic acids is 3. The van der Waals surface area contributed by atoms with E-state index in [4.69, 9.17) is 9.47 Å². The number of hydrogen-bond donors (Lipinski definition) is 0. The SMILES string of the molecule is COc1ccc2ccccc2c1/C=C1\SC(=O)N(CC(=O)OC(C)C)C1=O. The zero-order valence-corrected chi connectivity index (χ0v) is 16.0. The Bertz CT molecular complexity index is 951. The van der Waals surface area contributed by atoms with Crippen LogP contribution < -0.4 is 4.74 Å². The van der Waals surface area contributed by atoms with Crippen molar-refractivity contribution in [1.29, 1.82) is 0 Å². The first-order valence-electron chi connectivity index (χ1n) is 8.41. The lowest BCUT2D eigenvalue weighted by atomic mass is 10.0. The van der Waals surface area contributed by atoms with Crippen molar-refractivity contribution in [3.05, 3.63) is 46.9 Å². The maximum atomic E-state index is 12.6. The van der Waals surface area contributed by atoms with Crippen molar-refractivity contribution >= 4 is 45.7 Å². The molecule has 2 aromatic carbocycles. The second-order valence-electron chi connectivity index (χ2n) is 6.21. The van der Waals surface area contributed by atoms with E-state index in [1.807, 2.05) is 36.4 Å². The molecule has 1 saturated heterocycles. The van der Waals surface area contributed by atoms with E-state index in [2.05, 4.69) is 0 Å². The number of amides is 2. The molecule has 1 fully saturated rings. The summed E-state index contributed by atoms with van der Waals surface area (Å²) < 4.78 is 10.4. The van der Waals surface area contributed by atoms with Crippen LogP contribution in [-0.2, 0) is 14.3 Å². The van der Waals surface area contributed by atoms with Crippen molar-refractivity contribution in [2.75, 3.05) is 13.7 Å². The summed E-state index contributed by atoms with van der Waals surface area (Å²) in [6, 6.07) is 11.4. The number of thioether (sulfide) groups is 1. The van der Waals surface area contributed by atoms with Gasteiger partial charge in [0.15, 0.2) is 0 Å². The fourth-order valence-electron chi connectivity index (χ4n) is 2.80. The molecule has 27 heavy (non-hydrogen) atoms. The highest BCUT2D eigenvalue weighted by Crippen LogP contribution is 2.36. The third-order valence-electron chi connectivity index (χ3n) is 3.95. The molecule has 0 bridgehead atoms. The Kier molecular flexibility index (Phi) is 5.51. The number of nitrogens with zero attached hydrogens (tertiary/aromatic N) is 1. The molecule has 1 aliphatic heterocycles. The second-order valence-corrected chi connectivity index (χ2v) is 7.20. The second kappa shape index (κ2) is 7.84.